The van der Waals surface area contributed by atoms with Crippen molar-refractivity contribution in [2.24, 2.45) is 0 Å². The Morgan fingerprint density at radius 1 is 1.53 bits per heavy atom. The number of benzene rings is 1. The molecule has 1 aromatic carbocycles. The SMILES string of the molecule is CNC1CCCS(=O)c2c(Br)cccc21. The van der Waals surface area contributed by atoms with Gasteiger partial charge in [0.15, 0.2) is 0 Å². The highest BCUT2D eigenvalue weighted by Crippen LogP contribution is 2.33. The van der Waals surface area contributed by atoms with E-state index < -0.39 is 10.8 Å². The molecule has 2 atom stereocenters. The first-order valence-electron chi connectivity index (χ1n) is 5.08. The predicted molar refractivity (Wildman–Crippen MR) is 66.5 cm³/mol. The zero-order valence-electron chi connectivity index (χ0n) is 8.63. The highest BCUT2D eigenvalue weighted by Gasteiger charge is 2.22. The molecule has 0 radical (unpaired) electrons. The smallest absolute Gasteiger partial charge is 0.0577 e. The van der Waals surface area contributed by atoms with Crippen LogP contribution in [0.25, 0.3) is 0 Å². The topological polar surface area (TPSA) is 29.1 Å². The van der Waals surface area contributed by atoms with E-state index in [-0.39, 0.29) is 0 Å². The number of rotatable bonds is 1. The molecule has 82 valence electrons. The van der Waals surface area contributed by atoms with E-state index in [0.29, 0.717) is 6.04 Å². The lowest BCUT2D eigenvalue weighted by molar-refractivity contribution is 0.541. The Balaban J connectivity index is 2.56. The molecule has 2 unspecified atom stereocenters. The number of nitrogens with one attached hydrogen (secondary N) is 1. The molecule has 0 fully saturated rings. The van der Waals surface area contributed by atoms with Gasteiger partial charge >= 0.3 is 0 Å². The van der Waals surface area contributed by atoms with Crippen LogP contribution in [0, 0.1) is 0 Å². The molecule has 1 aromatic rings. The highest BCUT2D eigenvalue weighted by atomic mass is 79.9. The lowest BCUT2D eigenvalue weighted by Gasteiger charge is -2.16. The van der Waals surface area contributed by atoms with Gasteiger partial charge in [-0.15, -0.1) is 0 Å². The van der Waals surface area contributed by atoms with Crippen LogP contribution >= 0.6 is 15.9 Å². The second-order valence-corrected chi connectivity index (χ2v) is 6.05. The van der Waals surface area contributed by atoms with Crippen molar-refractivity contribution in [1.82, 2.24) is 5.32 Å². The Morgan fingerprint density at radius 2 is 2.33 bits per heavy atom. The first-order valence-corrected chi connectivity index (χ1v) is 7.19. The van der Waals surface area contributed by atoms with Crippen molar-refractivity contribution in [3.63, 3.8) is 0 Å². The molecule has 0 amide bonds. The van der Waals surface area contributed by atoms with Gasteiger partial charge in [0.05, 0.1) is 15.7 Å². The fourth-order valence-electron chi connectivity index (χ4n) is 2.02. The molecule has 4 heteroatoms. The molecule has 1 N–H and O–H groups in total. The molecule has 0 bridgehead atoms. The first kappa shape index (κ1) is 11.3. The molecular weight excluding hydrogens is 274 g/mol. The second-order valence-electron chi connectivity index (χ2n) is 3.69. The maximum Gasteiger partial charge on any atom is 0.0577 e. The minimum Gasteiger partial charge on any atom is -0.313 e. The van der Waals surface area contributed by atoms with Crippen LogP contribution in [0.5, 0.6) is 0 Å². The van der Waals surface area contributed by atoms with Crippen LogP contribution < -0.4 is 5.32 Å². The van der Waals surface area contributed by atoms with Crippen LogP contribution in [-0.4, -0.2) is 17.0 Å². The largest absolute Gasteiger partial charge is 0.313 e. The number of fused-ring (bicyclic) bond motifs is 1. The number of halogens is 1. The molecule has 0 saturated heterocycles. The second kappa shape index (κ2) is 4.76. The molecule has 1 aliphatic heterocycles. The quantitative estimate of drug-likeness (QED) is 0.860. The van der Waals surface area contributed by atoms with E-state index in [2.05, 4.69) is 27.3 Å². The van der Waals surface area contributed by atoms with Crippen molar-refractivity contribution in [2.45, 2.75) is 23.8 Å². The van der Waals surface area contributed by atoms with Crippen molar-refractivity contribution >= 4 is 26.7 Å². The molecule has 0 saturated carbocycles. The number of hydrogen-bond acceptors (Lipinski definition) is 2. The van der Waals surface area contributed by atoms with Crippen molar-refractivity contribution in [3.8, 4) is 0 Å². The van der Waals surface area contributed by atoms with E-state index >= 15 is 0 Å². The summed E-state index contributed by atoms with van der Waals surface area (Å²) in [6.07, 6.45) is 2.07. The lowest BCUT2D eigenvalue weighted by atomic mass is 10.0. The van der Waals surface area contributed by atoms with Gasteiger partial charge in [0.1, 0.15) is 0 Å². The summed E-state index contributed by atoms with van der Waals surface area (Å²) in [5.41, 5.74) is 1.18. The normalized spacial score (nSPS) is 25.7. The van der Waals surface area contributed by atoms with E-state index in [1.165, 1.54) is 5.56 Å². The van der Waals surface area contributed by atoms with Gasteiger partial charge in [-0.2, -0.15) is 0 Å². The summed E-state index contributed by atoms with van der Waals surface area (Å²) >= 11 is 3.49. The Labute approximate surface area is 101 Å². The summed E-state index contributed by atoms with van der Waals surface area (Å²) in [5, 5.41) is 3.29. The summed E-state index contributed by atoms with van der Waals surface area (Å²) in [5.74, 6) is 0.772. The highest BCUT2D eigenvalue weighted by molar-refractivity contribution is 9.10. The monoisotopic (exact) mass is 287 g/mol. The van der Waals surface area contributed by atoms with E-state index in [4.69, 9.17) is 0 Å². The maximum absolute atomic E-state index is 12.0. The lowest BCUT2D eigenvalue weighted by Crippen LogP contribution is -2.16. The van der Waals surface area contributed by atoms with Gasteiger partial charge in [0.25, 0.3) is 0 Å². The van der Waals surface area contributed by atoms with Gasteiger partial charge in [0, 0.05) is 16.3 Å². The van der Waals surface area contributed by atoms with Crippen molar-refractivity contribution in [3.05, 3.63) is 28.2 Å². The Kier molecular flexibility index (Phi) is 3.59. The Morgan fingerprint density at radius 3 is 3.07 bits per heavy atom. The van der Waals surface area contributed by atoms with Crippen LogP contribution in [-0.2, 0) is 10.8 Å². The average molecular weight is 288 g/mol. The van der Waals surface area contributed by atoms with Gasteiger partial charge in [-0.1, -0.05) is 12.1 Å². The Bertz CT molecular complexity index is 394. The molecule has 1 heterocycles. The summed E-state index contributed by atoms with van der Waals surface area (Å²) in [4.78, 5) is 0.981. The van der Waals surface area contributed by atoms with Crippen molar-refractivity contribution < 1.29 is 4.21 Å². The minimum atomic E-state index is -0.853. The minimum absolute atomic E-state index is 0.337. The zero-order valence-corrected chi connectivity index (χ0v) is 11.0. The molecular formula is C11H14BrNOS. The van der Waals surface area contributed by atoms with E-state index in [1.54, 1.807) is 0 Å². The van der Waals surface area contributed by atoms with Crippen LogP contribution in [0.15, 0.2) is 27.6 Å². The van der Waals surface area contributed by atoms with E-state index in [1.807, 2.05) is 19.2 Å². The molecule has 1 aliphatic rings. The first-order chi connectivity index (χ1) is 7.24. The van der Waals surface area contributed by atoms with Gasteiger partial charge < -0.3 is 5.32 Å². The van der Waals surface area contributed by atoms with Crippen molar-refractivity contribution in [2.75, 3.05) is 12.8 Å². The maximum atomic E-state index is 12.0. The van der Waals surface area contributed by atoms with E-state index in [9.17, 15) is 4.21 Å². The predicted octanol–water partition coefficient (Wildman–Crippen LogP) is 2.61. The Hall–Kier alpha value is -0.190. The summed E-state index contributed by atoms with van der Waals surface area (Å²) in [7, 11) is 1.11. The van der Waals surface area contributed by atoms with Gasteiger partial charge in [-0.3, -0.25) is 4.21 Å². The fourth-order valence-corrected chi connectivity index (χ4v) is 4.33. The van der Waals surface area contributed by atoms with E-state index in [0.717, 1.165) is 28.0 Å². The molecule has 0 aliphatic carbocycles. The summed E-state index contributed by atoms with van der Waals surface area (Å²) in [6, 6.07) is 6.39. The van der Waals surface area contributed by atoms with Gasteiger partial charge in [0.2, 0.25) is 0 Å². The summed E-state index contributed by atoms with van der Waals surface area (Å²) < 4.78 is 13.0. The van der Waals surface area contributed by atoms with Crippen molar-refractivity contribution in [1.29, 1.82) is 0 Å². The third-order valence-corrected chi connectivity index (χ3v) is 5.27. The van der Waals surface area contributed by atoms with Crippen LogP contribution in [0.4, 0.5) is 0 Å². The molecule has 0 aromatic heterocycles. The summed E-state index contributed by atoms with van der Waals surface area (Å²) in [6.45, 7) is 0. The molecule has 15 heavy (non-hydrogen) atoms. The molecule has 2 nitrogen and oxygen atoms in total. The van der Waals surface area contributed by atoms with Crippen LogP contribution in [0.1, 0.15) is 24.4 Å². The van der Waals surface area contributed by atoms with Crippen LogP contribution in [0.3, 0.4) is 0 Å². The molecule has 0 spiro atoms. The van der Waals surface area contributed by atoms with Crippen LogP contribution in [0.2, 0.25) is 0 Å². The molecule has 2 rings (SSSR count). The zero-order chi connectivity index (χ0) is 10.8. The third kappa shape index (κ3) is 2.17. The van der Waals surface area contributed by atoms with Gasteiger partial charge in [-0.25, -0.2) is 0 Å². The fraction of sp³-hybridized carbons (Fsp3) is 0.455. The average Bonchev–Trinajstić information content (AvgIpc) is 2.39. The third-order valence-electron chi connectivity index (χ3n) is 2.77. The van der Waals surface area contributed by atoms with Gasteiger partial charge in [-0.05, 0) is 47.4 Å². The standard InChI is InChI=1S/C11H14BrNOS/c1-13-10-6-3-7-15(14)11-8(10)4-2-5-9(11)12/h2,4-5,10,13H,3,6-7H2,1H3. The number of hydrogen-bond donors (Lipinski definition) is 1.